The first kappa shape index (κ1) is 16.8. The van der Waals surface area contributed by atoms with Crippen molar-refractivity contribution in [3.63, 3.8) is 0 Å². The van der Waals surface area contributed by atoms with E-state index in [0.29, 0.717) is 23.6 Å². The number of hydrogen-bond donors (Lipinski definition) is 1. The molecule has 0 unspecified atom stereocenters. The third kappa shape index (κ3) is 3.79. The summed E-state index contributed by atoms with van der Waals surface area (Å²) in [6, 6.07) is 7.98. The second-order valence-corrected chi connectivity index (χ2v) is 6.62. The minimum Gasteiger partial charge on any atom is -0.211 e. The van der Waals surface area contributed by atoms with Gasteiger partial charge in [0.25, 0.3) is 0 Å². The molecule has 0 saturated heterocycles. The Kier molecular flexibility index (Phi) is 5.10. The Hall–Kier alpha value is -1.57. The standard InChI is InChI=1S/C14H11ClF3NO2S/c15-10-3-1-9(2-4-10)7-8-19-22(20,21)12-6-5-11(16)13(17)14(12)18/h1-6,19H,7-8H2. The monoisotopic (exact) mass is 349 g/mol. The molecule has 0 aliphatic carbocycles. The molecule has 0 atom stereocenters. The van der Waals surface area contributed by atoms with Gasteiger partial charge >= 0.3 is 0 Å². The fraction of sp³-hybridized carbons (Fsp3) is 0.143. The summed E-state index contributed by atoms with van der Waals surface area (Å²) in [5.41, 5.74) is 0.817. The molecular weight excluding hydrogens is 339 g/mol. The lowest BCUT2D eigenvalue weighted by molar-refractivity contribution is 0.431. The van der Waals surface area contributed by atoms with Crippen molar-refractivity contribution in [2.24, 2.45) is 0 Å². The number of rotatable bonds is 5. The number of benzene rings is 2. The maximum absolute atomic E-state index is 13.5. The molecule has 2 aromatic carbocycles. The van der Waals surface area contributed by atoms with E-state index in [9.17, 15) is 21.6 Å². The Morgan fingerprint density at radius 3 is 2.23 bits per heavy atom. The van der Waals surface area contributed by atoms with Crippen LogP contribution < -0.4 is 4.72 Å². The van der Waals surface area contributed by atoms with Gasteiger partial charge in [-0.15, -0.1) is 0 Å². The van der Waals surface area contributed by atoms with Crippen LogP contribution >= 0.6 is 11.6 Å². The van der Waals surface area contributed by atoms with Crippen molar-refractivity contribution >= 4 is 21.6 Å². The molecule has 22 heavy (non-hydrogen) atoms. The van der Waals surface area contributed by atoms with E-state index < -0.39 is 32.4 Å². The molecule has 0 radical (unpaired) electrons. The SMILES string of the molecule is O=S(=O)(NCCc1ccc(Cl)cc1)c1ccc(F)c(F)c1F. The van der Waals surface area contributed by atoms with E-state index in [2.05, 4.69) is 4.72 Å². The molecule has 1 N–H and O–H groups in total. The summed E-state index contributed by atoms with van der Waals surface area (Å²) < 4.78 is 65.3. The van der Waals surface area contributed by atoms with Gasteiger partial charge in [-0.25, -0.2) is 26.3 Å². The Labute approximate surface area is 130 Å². The lowest BCUT2D eigenvalue weighted by atomic mass is 10.2. The van der Waals surface area contributed by atoms with E-state index in [-0.39, 0.29) is 6.54 Å². The lowest BCUT2D eigenvalue weighted by Crippen LogP contribution is -2.27. The van der Waals surface area contributed by atoms with E-state index in [4.69, 9.17) is 11.6 Å². The van der Waals surface area contributed by atoms with Gasteiger partial charge in [-0.1, -0.05) is 23.7 Å². The highest BCUT2D eigenvalue weighted by Crippen LogP contribution is 2.19. The zero-order valence-corrected chi connectivity index (χ0v) is 12.7. The van der Waals surface area contributed by atoms with Crippen LogP contribution in [0.5, 0.6) is 0 Å². The van der Waals surface area contributed by atoms with E-state index in [0.717, 1.165) is 5.56 Å². The predicted molar refractivity (Wildman–Crippen MR) is 76.7 cm³/mol. The normalized spacial score (nSPS) is 11.6. The molecule has 2 aromatic rings. The van der Waals surface area contributed by atoms with Gasteiger partial charge < -0.3 is 0 Å². The minimum atomic E-state index is -4.27. The van der Waals surface area contributed by atoms with Crippen LogP contribution in [0.2, 0.25) is 5.02 Å². The van der Waals surface area contributed by atoms with Gasteiger partial charge in [0.1, 0.15) is 4.90 Å². The molecule has 0 spiro atoms. The summed E-state index contributed by atoms with van der Waals surface area (Å²) in [4.78, 5) is -0.928. The maximum Gasteiger partial charge on any atom is 0.243 e. The molecule has 8 heteroatoms. The van der Waals surface area contributed by atoms with Crippen LogP contribution in [0.4, 0.5) is 13.2 Å². The van der Waals surface area contributed by atoms with Crippen molar-refractivity contribution in [1.82, 2.24) is 4.72 Å². The Balaban J connectivity index is 2.08. The topological polar surface area (TPSA) is 46.2 Å². The molecule has 2 rings (SSSR count). The maximum atomic E-state index is 13.5. The number of hydrogen-bond acceptors (Lipinski definition) is 2. The summed E-state index contributed by atoms with van der Waals surface area (Å²) in [6.07, 6.45) is 0.335. The highest BCUT2D eigenvalue weighted by molar-refractivity contribution is 7.89. The van der Waals surface area contributed by atoms with Gasteiger partial charge in [-0.3, -0.25) is 0 Å². The van der Waals surface area contributed by atoms with Crippen LogP contribution in [-0.2, 0) is 16.4 Å². The van der Waals surface area contributed by atoms with E-state index in [1.807, 2.05) is 0 Å². The summed E-state index contributed by atoms with van der Waals surface area (Å²) in [5.74, 6) is -5.00. The van der Waals surface area contributed by atoms with Crippen molar-refractivity contribution in [1.29, 1.82) is 0 Å². The Morgan fingerprint density at radius 1 is 0.955 bits per heavy atom. The first-order valence-electron chi connectivity index (χ1n) is 6.19. The van der Waals surface area contributed by atoms with Crippen molar-refractivity contribution in [3.05, 3.63) is 64.4 Å². The van der Waals surface area contributed by atoms with Crippen LogP contribution in [0.25, 0.3) is 0 Å². The number of halogens is 4. The van der Waals surface area contributed by atoms with Gasteiger partial charge in [0.05, 0.1) is 0 Å². The Bertz CT molecular complexity index is 779. The predicted octanol–water partition coefficient (Wildman–Crippen LogP) is 3.28. The number of sulfonamides is 1. The van der Waals surface area contributed by atoms with Crippen LogP contribution in [0.1, 0.15) is 5.56 Å². The van der Waals surface area contributed by atoms with Gasteiger partial charge in [0.2, 0.25) is 10.0 Å². The third-order valence-corrected chi connectivity index (χ3v) is 4.64. The zero-order valence-electron chi connectivity index (χ0n) is 11.1. The van der Waals surface area contributed by atoms with Gasteiger partial charge in [-0.2, -0.15) is 0 Å². The Morgan fingerprint density at radius 2 is 1.59 bits per heavy atom. The van der Waals surface area contributed by atoms with Crippen LogP contribution in [-0.4, -0.2) is 15.0 Å². The first-order valence-corrected chi connectivity index (χ1v) is 8.05. The summed E-state index contributed by atoms with van der Waals surface area (Å²) in [5, 5.41) is 0.549. The molecule has 3 nitrogen and oxygen atoms in total. The fourth-order valence-corrected chi connectivity index (χ4v) is 3.00. The van der Waals surface area contributed by atoms with Gasteiger partial charge in [0, 0.05) is 11.6 Å². The van der Waals surface area contributed by atoms with Crippen LogP contribution in [0.15, 0.2) is 41.3 Å². The molecule has 0 aromatic heterocycles. The smallest absolute Gasteiger partial charge is 0.211 e. The molecule has 0 heterocycles. The third-order valence-electron chi connectivity index (χ3n) is 2.91. The average molecular weight is 350 g/mol. The minimum absolute atomic E-state index is 0.0254. The van der Waals surface area contributed by atoms with Crippen molar-refractivity contribution in [3.8, 4) is 0 Å². The highest BCUT2D eigenvalue weighted by atomic mass is 35.5. The lowest BCUT2D eigenvalue weighted by Gasteiger charge is -2.08. The van der Waals surface area contributed by atoms with E-state index in [1.165, 1.54) is 0 Å². The summed E-state index contributed by atoms with van der Waals surface area (Å²) >= 11 is 5.72. The average Bonchev–Trinajstić information content (AvgIpc) is 2.46. The van der Waals surface area contributed by atoms with Gasteiger partial charge in [0.15, 0.2) is 17.5 Å². The quantitative estimate of drug-likeness (QED) is 0.842. The largest absolute Gasteiger partial charge is 0.243 e. The second kappa shape index (κ2) is 6.68. The molecule has 0 aliphatic heterocycles. The van der Waals surface area contributed by atoms with Crippen molar-refractivity contribution < 1.29 is 21.6 Å². The second-order valence-electron chi connectivity index (χ2n) is 4.45. The molecular formula is C14H11ClF3NO2S. The zero-order chi connectivity index (χ0) is 16.3. The van der Waals surface area contributed by atoms with Crippen molar-refractivity contribution in [2.45, 2.75) is 11.3 Å². The van der Waals surface area contributed by atoms with Crippen LogP contribution in [0.3, 0.4) is 0 Å². The van der Waals surface area contributed by atoms with E-state index in [1.54, 1.807) is 24.3 Å². The summed E-state index contributed by atoms with van der Waals surface area (Å²) in [7, 11) is -4.27. The molecule has 0 aliphatic rings. The van der Waals surface area contributed by atoms with Gasteiger partial charge in [-0.05, 0) is 36.2 Å². The summed E-state index contributed by atoms with van der Waals surface area (Å²) in [6.45, 7) is -0.0254. The molecule has 0 bridgehead atoms. The van der Waals surface area contributed by atoms with E-state index >= 15 is 0 Å². The molecule has 0 saturated carbocycles. The fourth-order valence-electron chi connectivity index (χ4n) is 1.77. The molecule has 118 valence electrons. The van der Waals surface area contributed by atoms with Crippen molar-refractivity contribution in [2.75, 3.05) is 6.54 Å². The van der Waals surface area contributed by atoms with Crippen LogP contribution in [0, 0.1) is 17.5 Å². The molecule has 0 amide bonds. The molecule has 0 fully saturated rings. The number of nitrogens with one attached hydrogen (secondary N) is 1. The first-order chi connectivity index (χ1) is 10.3. The highest BCUT2D eigenvalue weighted by Gasteiger charge is 2.23.